The van der Waals surface area contributed by atoms with Gasteiger partial charge in [0.25, 0.3) is 0 Å². The SMILES string of the molecule is CCOC(=O)C[C@@H](COCc1ccc(OC)cc1)[C@@H](C(=O)N(C)[C@H](C)[C@H](O)c1ccccc1)c1ccc(OC)cc1. The van der Waals surface area contributed by atoms with Gasteiger partial charge in [0, 0.05) is 13.0 Å². The third-order valence-electron chi connectivity index (χ3n) is 7.26. The maximum atomic E-state index is 14.2. The van der Waals surface area contributed by atoms with Crippen LogP contribution in [-0.2, 0) is 25.7 Å². The minimum Gasteiger partial charge on any atom is -0.497 e. The van der Waals surface area contributed by atoms with Gasteiger partial charge in [-0.05, 0) is 54.8 Å². The Labute approximate surface area is 242 Å². The van der Waals surface area contributed by atoms with E-state index in [-0.39, 0.29) is 25.5 Å². The number of benzene rings is 3. The molecule has 4 atom stereocenters. The number of hydrogen-bond donors (Lipinski definition) is 1. The van der Waals surface area contributed by atoms with Crippen molar-refractivity contribution in [2.75, 3.05) is 34.5 Å². The summed E-state index contributed by atoms with van der Waals surface area (Å²) in [4.78, 5) is 28.5. The van der Waals surface area contributed by atoms with Crippen LogP contribution < -0.4 is 9.47 Å². The standard InChI is InChI=1S/C33H41NO7/c1-6-41-30(35)20-27(22-40-21-24-12-16-28(38-4)17-13-24)31(25-14-18-29(39-5)19-15-25)33(37)34(3)23(2)32(36)26-10-8-7-9-11-26/h7-19,23,27,31-32,36H,6,20-22H2,1-5H3/t23-,27+,31+,32+/m1/s1. The van der Waals surface area contributed by atoms with Gasteiger partial charge in [0.05, 0.1) is 58.5 Å². The molecule has 0 heterocycles. The van der Waals surface area contributed by atoms with Gasteiger partial charge < -0.3 is 29.0 Å². The summed E-state index contributed by atoms with van der Waals surface area (Å²) in [7, 11) is 4.86. The molecule has 0 aliphatic carbocycles. The van der Waals surface area contributed by atoms with Crippen molar-refractivity contribution >= 4 is 11.9 Å². The van der Waals surface area contributed by atoms with Crippen LogP contribution in [0.4, 0.5) is 0 Å². The number of hydrogen-bond acceptors (Lipinski definition) is 7. The number of rotatable bonds is 15. The molecule has 3 aromatic carbocycles. The molecule has 0 saturated carbocycles. The van der Waals surface area contributed by atoms with E-state index in [4.69, 9.17) is 18.9 Å². The zero-order valence-corrected chi connectivity index (χ0v) is 24.5. The summed E-state index contributed by atoms with van der Waals surface area (Å²) in [5, 5.41) is 11.1. The highest BCUT2D eigenvalue weighted by molar-refractivity contribution is 5.85. The van der Waals surface area contributed by atoms with Gasteiger partial charge in [0.2, 0.25) is 5.91 Å². The molecule has 1 amide bonds. The monoisotopic (exact) mass is 563 g/mol. The molecule has 0 unspecified atom stereocenters. The summed E-state index contributed by atoms with van der Waals surface area (Å²) in [6.45, 7) is 4.23. The summed E-state index contributed by atoms with van der Waals surface area (Å²) in [6, 6.07) is 23.5. The Morgan fingerprint density at radius 1 is 0.854 bits per heavy atom. The van der Waals surface area contributed by atoms with Crippen molar-refractivity contribution < 1.29 is 33.6 Å². The minimum absolute atomic E-state index is 0.0116. The Bertz CT molecular complexity index is 1210. The molecule has 8 heteroatoms. The van der Waals surface area contributed by atoms with E-state index in [9.17, 15) is 14.7 Å². The number of aliphatic hydroxyl groups excluding tert-OH is 1. The van der Waals surface area contributed by atoms with Gasteiger partial charge in [0.1, 0.15) is 11.5 Å². The fourth-order valence-electron chi connectivity index (χ4n) is 4.75. The summed E-state index contributed by atoms with van der Waals surface area (Å²) < 4.78 is 21.9. The van der Waals surface area contributed by atoms with Crippen LogP contribution in [0.1, 0.15) is 49.0 Å². The normalized spacial score (nSPS) is 13.9. The van der Waals surface area contributed by atoms with Crippen molar-refractivity contribution in [2.24, 2.45) is 5.92 Å². The zero-order valence-electron chi connectivity index (χ0n) is 24.5. The molecule has 41 heavy (non-hydrogen) atoms. The van der Waals surface area contributed by atoms with Crippen LogP contribution in [-0.4, -0.2) is 62.4 Å². The van der Waals surface area contributed by atoms with Gasteiger partial charge in [-0.2, -0.15) is 0 Å². The molecule has 0 aromatic heterocycles. The summed E-state index contributed by atoms with van der Waals surface area (Å²) in [5.41, 5.74) is 2.36. The highest BCUT2D eigenvalue weighted by Crippen LogP contribution is 2.33. The number of nitrogens with zero attached hydrogens (tertiary/aromatic N) is 1. The van der Waals surface area contributed by atoms with Crippen LogP contribution in [0.25, 0.3) is 0 Å². The van der Waals surface area contributed by atoms with Gasteiger partial charge in [0.15, 0.2) is 0 Å². The van der Waals surface area contributed by atoms with Gasteiger partial charge >= 0.3 is 5.97 Å². The van der Waals surface area contributed by atoms with Crippen LogP contribution in [0, 0.1) is 5.92 Å². The third kappa shape index (κ3) is 8.80. The molecule has 0 radical (unpaired) electrons. The average molecular weight is 564 g/mol. The quantitative estimate of drug-likeness (QED) is 0.256. The Kier molecular flexibility index (Phi) is 12.2. The van der Waals surface area contributed by atoms with Crippen molar-refractivity contribution in [3.63, 3.8) is 0 Å². The summed E-state index contributed by atoms with van der Waals surface area (Å²) >= 11 is 0. The van der Waals surface area contributed by atoms with Crippen LogP contribution in [0.3, 0.4) is 0 Å². The Hall–Kier alpha value is -3.88. The lowest BCUT2D eigenvalue weighted by atomic mass is 9.82. The molecule has 0 bridgehead atoms. The van der Waals surface area contributed by atoms with Crippen molar-refractivity contribution in [3.8, 4) is 11.5 Å². The lowest BCUT2D eigenvalue weighted by Gasteiger charge is -2.35. The fourth-order valence-corrected chi connectivity index (χ4v) is 4.75. The van der Waals surface area contributed by atoms with Gasteiger partial charge in [-0.1, -0.05) is 54.6 Å². The molecule has 3 rings (SSSR count). The predicted molar refractivity (Wildman–Crippen MR) is 157 cm³/mol. The average Bonchev–Trinajstić information content (AvgIpc) is 3.01. The van der Waals surface area contributed by atoms with E-state index in [0.29, 0.717) is 23.5 Å². The van der Waals surface area contributed by atoms with Crippen LogP contribution in [0.5, 0.6) is 11.5 Å². The fraction of sp³-hybridized carbons (Fsp3) is 0.394. The molecule has 0 spiro atoms. The van der Waals surface area contributed by atoms with E-state index < -0.39 is 30.0 Å². The zero-order chi connectivity index (χ0) is 29.8. The molecule has 8 nitrogen and oxygen atoms in total. The predicted octanol–water partition coefficient (Wildman–Crippen LogP) is 5.15. The Balaban J connectivity index is 1.91. The first-order chi connectivity index (χ1) is 19.8. The van der Waals surface area contributed by atoms with Gasteiger partial charge in [-0.25, -0.2) is 0 Å². The molecular formula is C33H41NO7. The highest BCUT2D eigenvalue weighted by Gasteiger charge is 2.37. The number of carbonyl (C=O) groups is 2. The number of aliphatic hydroxyl groups is 1. The number of methoxy groups -OCH3 is 2. The second-order valence-corrected chi connectivity index (χ2v) is 9.93. The van der Waals surface area contributed by atoms with E-state index in [2.05, 4.69) is 0 Å². The van der Waals surface area contributed by atoms with Crippen molar-refractivity contribution in [3.05, 3.63) is 95.6 Å². The van der Waals surface area contributed by atoms with Gasteiger partial charge in [-0.3, -0.25) is 9.59 Å². The largest absolute Gasteiger partial charge is 0.497 e. The molecule has 1 N–H and O–H groups in total. The molecule has 0 aliphatic rings. The molecule has 220 valence electrons. The Morgan fingerprint density at radius 2 is 1.44 bits per heavy atom. The second-order valence-electron chi connectivity index (χ2n) is 9.93. The van der Waals surface area contributed by atoms with Crippen molar-refractivity contribution in [1.29, 1.82) is 0 Å². The minimum atomic E-state index is -0.892. The molecule has 0 saturated heterocycles. The number of likely N-dealkylation sites (N-methyl/N-ethyl adjacent to an activating group) is 1. The number of ether oxygens (including phenoxy) is 4. The first-order valence-electron chi connectivity index (χ1n) is 13.8. The lowest BCUT2D eigenvalue weighted by Crippen LogP contribution is -2.44. The number of carbonyl (C=O) groups excluding carboxylic acids is 2. The smallest absolute Gasteiger partial charge is 0.306 e. The van der Waals surface area contributed by atoms with E-state index in [1.54, 1.807) is 52.1 Å². The lowest BCUT2D eigenvalue weighted by molar-refractivity contribution is -0.146. The highest BCUT2D eigenvalue weighted by atomic mass is 16.5. The van der Waals surface area contributed by atoms with E-state index >= 15 is 0 Å². The van der Waals surface area contributed by atoms with Crippen LogP contribution in [0.15, 0.2) is 78.9 Å². The van der Waals surface area contributed by atoms with Crippen molar-refractivity contribution in [2.45, 2.75) is 44.9 Å². The van der Waals surface area contributed by atoms with Gasteiger partial charge in [-0.15, -0.1) is 0 Å². The van der Waals surface area contributed by atoms with E-state index in [0.717, 1.165) is 11.3 Å². The maximum Gasteiger partial charge on any atom is 0.306 e. The molecule has 3 aromatic rings. The van der Waals surface area contributed by atoms with E-state index in [1.807, 2.05) is 66.7 Å². The third-order valence-corrected chi connectivity index (χ3v) is 7.26. The second kappa shape index (κ2) is 15.8. The van der Waals surface area contributed by atoms with Crippen molar-refractivity contribution in [1.82, 2.24) is 4.90 Å². The first kappa shape index (κ1) is 31.6. The summed E-state index contributed by atoms with van der Waals surface area (Å²) in [5.74, 6) is -0.516. The van der Waals surface area contributed by atoms with E-state index in [1.165, 1.54) is 0 Å². The molecule has 0 fully saturated rings. The first-order valence-corrected chi connectivity index (χ1v) is 13.8. The Morgan fingerprint density at radius 3 is 2.00 bits per heavy atom. The topological polar surface area (TPSA) is 94.5 Å². The molecule has 0 aliphatic heterocycles. The van der Waals surface area contributed by atoms with Crippen LogP contribution >= 0.6 is 0 Å². The van der Waals surface area contributed by atoms with Crippen LogP contribution in [0.2, 0.25) is 0 Å². The maximum absolute atomic E-state index is 14.2. The molecular weight excluding hydrogens is 522 g/mol. The number of esters is 1. The number of amides is 1. The summed E-state index contributed by atoms with van der Waals surface area (Å²) in [6.07, 6.45) is -0.904.